The molecule has 1 aliphatic rings. The van der Waals surface area contributed by atoms with Gasteiger partial charge in [0.05, 0.1) is 4.91 Å². The molecule has 0 aliphatic carbocycles. The third-order valence-electron chi connectivity index (χ3n) is 6.94. The second-order valence-corrected chi connectivity index (χ2v) is 11.8. The molecule has 0 saturated carbocycles. The monoisotopic (exact) mass is 598 g/mol. The molecule has 0 bridgehead atoms. The van der Waals surface area contributed by atoms with Crippen molar-refractivity contribution in [1.29, 1.82) is 0 Å². The highest BCUT2D eigenvalue weighted by molar-refractivity contribution is 8.26. The van der Waals surface area contributed by atoms with Crippen LogP contribution >= 0.6 is 35.6 Å². The van der Waals surface area contributed by atoms with Gasteiger partial charge in [-0.3, -0.25) is 9.69 Å². The molecule has 2 heterocycles. The molecule has 1 aliphatic heterocycles. The summed E-state index contributed by atoms with van der Waals surface area (Å²) in [6, 6.07) is 25.8. The Morgan fingerprint density at radius 1 is 1.05 bits per heavy atom. The minimum Gasteiger partial charge on any atom is -0.489 e. The highest BCUT2D eigenvalue weighted by Gasteiger charge is 2.40. The Hall–Kier alpha value is -4.11. The van der Waals surface area contributed by atoms with E-state index in [4.69, 9.17) is 28.6 Å². The third-order valence-corrected chi connectivity index (χ3v) is 8.50. The molecule has 1 atom stereocenters. The van der Waals surface area contributed by atoms with Gasteiger partial charge in [-0.25, -0.2) is 4.79 Å². The van der Waals surface area contributed by atoms with Gasteiger partial charge in [0.25, 0.3) is 5.91 Å². The second-order valence-electron chi connectivity index (χ2n) is 9.66. The number of ether oxygens (including phenoxy) is 1. The number of benzene rings is 4. The van der Waals surface area contributed by atoms with E-state index in [0.29, 0.717) is 16.5 Å². The summed E-state index contributed by atoms with van der Waals surface area (Å²) >= 11 is 12.7. The van der Waals surface area contributed by atoms with Gasteiger partial charge in [0.1, 0.15) is 22.7 Å². The molecule has 5 aromatic rings. The number of H-pyrrole nitrogens is 1. The van der Waals surface area contributed by atoms with Crippen LogP contribution in [0.5, 0.6) is 5.75 Å². The first kappa shape index (κ1) is 27.1. The van der Waals surface area contributed by atoms with Gasteiger partial charge in [0.2, 0.25) is 0 Å². The molecule has 41 heavy (non-hydrogen) atoms. The van der Waals surface area contributed by atoms with Crippen LogP contribution in [0.1, 0.15) is 16.7 Å². The number of aliphatic carboxylic acids is 1. The maximum Gasteiger partial charge on any atom is 0.327 e. The lowest BCUT2D eigenvalue weighted by Gasteiger charge is -2.23. The first-order chi connectivity index (χ1) is 19.9. The fourth-order valence-electron chi connectivity index (χ4n) is 4.91. The van der Waals surface area contributed by atoms with Crippen LogP contribution < -0.4 is 4.74 Å². The largest absolute Gasteiger partial charge is 0.489 e. The third kappa shape index (κ3) is 5.72. The number of carbonyl (C=O) groups is 2. The van der Waals surface area contributed by atoms with E-state index in [1.165, 1.54) is 4.90 Å². The number of nitrogens with one attached hydrogen (secondary N) is 1. The van der Waals surface area contributed by atoms with Crippen molar-refractivity contribution in [2.45, 2.75) is 19.1 Å². The van der Waals surface area contributed by atoms with E-state index in [1.807, 2.05) is 84.9 Å². The molecule has 1 aromatic heterocycles. The number of fused-ring (bicyclic) bond motifs is 2. The van der Waals surface area contributed by atoms with E-state index in [1.54, 1.807) is 12.3 Å². The number of hydrogen-bond acceptors (Lipinski definition) is 5. The number of thiocarbonyl (C=S) groups is 1. The van der Waals surface area contributed by atoms with E-state index >= 15 is 0 Å². The zero-order valence-corrected chi connectivity index (χ0v) is 23.9. The van der Waals surface area contributed by atoms with Crippen LogP contribution in [0, 0.1) is 0 Å². The topological polar surface area (TPSA) is 82.6 Å². The quantitative estimate of drug-likeness (QED) is 0.143. The van der Waals surface area contributed by atoms with E-state index in [-0.39, 0.29) is 10.7 Å². The van der Waals surface area contributed by atoms with Gasteiger partial charge in [0, 0.05) is 28.5 Å². The summed E-state index contributed by atoms with van der Waals surface area (Å²) in [5.74, 6) is -0.773. The SMILES string of the molecule is O=C(O)C(Cc1c[nH]c2ccccc12)N1C(=O)/C(=C/c2ccc3cc(OCc4cccc(Cl)c4)ccc3c2)SC1=S. The van der Waals surface area contributed by atoms with Crippen molar-refractivity contribution in [2.24, 2.45) is 0 Å². The average Bonchev–Trinajstić information content (AvgIpc) is 3.49. The average molecular weight is 599 g/mol. The number of amides is 1. The molecule has 204 valence electrons. The highest BCUT2D eigenvalue weighted by atomic mass is 35.5. The lowest BCUT2D eigenvalue weighted by atomic mass is 10.0. The smallest absolute Gasteiger partial charge is 0.327 e. The normalized spacial score (nSPS) is 15.2. The maximum absolute atomic E-state index is 13.4. The Balaban J connectivity index is 1.20. The Kier molecular flexibility index (Phi) is 7.53. The molecule has 0 spiro atoms. The first-order valence-electron chi connectivity index (χ1n) is 12.8. The predicted molar refractivity (Wildman–Crippen MR) is 168 cm³/mol. The van der Waals surface area contributed by atoms with E-state index in [9.17, 15) is 14.7 Å². The number of aromatic nitrogens is 1. The van der Waals surface area contributed by atoms with Gasteiger partial charge in [-0.1, -0.05) is 84.1 Å². The summed E-state index contributed by atoms with van der Waals surface area (Å²) in [6.07, 6.45) is 3.68. The minimum atomic E-state index is -1.12. The summed E-state index contributed by atoms with van der Waals surface area (Å²) in [4.78, 5) is 30.5. The van der Waals surface area contributed by atoms with Gasteiger partial charge in [-0.2, -0.15) is 0 Å². The van der Waals surface area contributed by atoms with Crippen LogP contribution in [-0.2, 0) is 22.6 Å². The van der Waals surface area contributed by atoms with Gasteiger partial charge in [0.15, 0.2) is 0 Å². The molecule has 6 rings (SSSR count). The number of para-hydroxylation sites is 1. The molecule has 1 fully saturated rings. The summed E-state index contributed by atoms with van der Waals surface area (Å²) in [6.45, 7) is 0.406. The van der Waals surface area contributed by atoms with Gasteiger partial charge in [-0.15, -0.1) is 0 Å². The van der Waals surface area contributed by atoms with Gasteiger partial charge < -0.3 is 14.8 Å². The summed E-state index contributed by atoms with van der Waals surface area (Å²) in [5, 5.41) is 13.6. The Morgan fingerprint density at radius 3 is 2.68 bits per heavy atom. The number of rotatable bonds is 8. The van der Waals surface area contributed by atoms with Gasteiger partial charge >= 0.3 is 5.97 Å². The number of halogens is 1. The minimum absolute atomic E-state index is 0.136. The van der Waals surface area contributed by atoms with E-state index < -0.39 is 17.9 Å². The molecule has 1 saturated heterocycles. The molecular weight excluding hydrogens is 576 g/mol. The van der Waals surface area contributed by atoms with Crippen LogP contribution in [-0.4, -0.2) is 37.2 Å². The lowest BCUT2D eigenvalue weighted by Crippen LogP contribution is -2.45. The first-order valence-corrected chi connectivity index (χ1v) is 14.4. The molecule has 6 nitrogen and oxygen atoms in total. The summed E-state index contributed by atoms with van der Waals surface area (Å²) < 4.78 is 6.18. The number of aromatic amines is 1. The Morgan fingerprint density at radius 2 is 1.85 bits per heavy atom. The fraction of sp³-hybridized carbons (Fsp3) is 0.0938. The van der Waals surface area contributed by atoms with Crippen molar-refractivity contribution in [3.05, 3.63) is 118 Å². The predicted octanol–water partition coefficient (Wildman–Crippen LogP) is 7.45. The number of carboxylic acid groups (broad SMARTS) is 1. The molecule has 1 amide bonds. The van der Waals surface area contributed by atoms with E-state index in [0.717, 1.165) is 55.9 Å². The van der Waals surface area contributed by atoms with Crippen molar-refractivity contribution >= 4 is 79.5 Å². The van der Waals surface area contributed by atoms with Crippen molar-refractivity contribution in [3.63, 3.8) is 0 Å². The second kappa shape index (κ2) is 11.4. The highest BCUT2D eigenvalue weighted by Crippen LogP contribution is 2.36. The van der Waals surface area contributed by atoms with Crippen molar-refractivity contribution in [1.82, 2.24) is 9.88 Å². The van der Waals surface area contributed by atoms with Crippen LogP contribution in [0.15, 0.2) is 96.0 Å². The number of carboxylic acids is 1. The molecule has 4 aromatic carbocycles. The van der Waals surface area contributed by atoms with Crippen LogP contribution in [0.25, 0.3) is 27.8 Å². The fourth-order valence-corrected chi connectivity index (χ4v) is 6.48. The summed E-state index contributed by atoms with van der Waals surface area (Å²) in [5.41, 5.74) is 3.52. The number of thioether (sulfide) groups is 1. The number of carbonyl (C=O) groups excluding carboxylic acids is 1. The van der Waals surface area contributed by atoms with Crippen molar-refractivity contribution in [2.75, 3.05) is 0 Å². The maximum atomic E-state index is 13.4. The standard InChI is InChI=1S/C32H23ClN2O4S2/c33-24-5-3-4-20(13-24)18-39-25-11-10-21-12-19(8-9-22(21)15-25)14-29-30(36)35(32(40)41-29)28(31(37)38)16-23-17-34-27-7-2-1-6-26(23)27/h1-15,17,28,34H,16,18H2,(H,37,38)/b29-14-. The van der Waals surface area contributed by atoms with Crippen LogP contribution in [0.4, 0.5) is 0 Å². The van der Waals surface area contributed by atoms with Crippen LogP contribution in [0.3, 0.4) is 0 Å². The zero-order valence-electron chi connectivity index (χ0n) is 21.5. The Labute approximate surface area is 250 Å². The molecule has 2 N–H and O–H groups in total. The molecule has 1 unspecified atom stereocenters. The van der Waals surface area contributed by atoms with E-state index in [2.05, 4.69) is 4.98 Å². The van der Waals surface area contributed by atoms with Crippen molar-refractivity contribution < 1.29 is 19.4 Å². The van der Waals surface area contributed by atoms with Crippen LogP contribution in [0.2, 0.25) is 5.02 Å². The molecule has 0 radical (unpaired) electrons. The zero-order chi connectivity index (χ0) is 28.5. The lowest BCUT2D eigenvalue weighted by molar-refractivity contribution is -0.145. The van der Waals surface area contributed by atoms with Crippen molar-refractivity contribution in [3.8, 4) is 5.75 Å². The Bertz CT molecular complexity index is 1870. The van der Waals surface area contributed by atoms with Gasteiger partial charge in [-0.05, 0) is 69.9 Å². The summed E-state index contributed by atoms with van der Waals surface area (Å²) in [7, 11) is 0. The molecule has 9 heteroatoms. The molecular formula is C32H23ClN2O4S2. The number of nitrogens with zero attached hydrogens (tertiary/aromatic N) is 1. The number of hydrogen-bond donors (Lipinski definition) is 2.